The summed E-state index contributed by atoms with van der Waals surface area (Å²) in [7, 11) is -1.93. The highest BCUT2D eigenvalue weighted by Gasteiger charge is 2.38. The first-order chi connectivity index (χ1) is 12.1. The van der Waals surface area contributed by atoms with Gasteiger partial charge in [0.1, 0.15) is 0 Å². The molecule has 5 heteroatoms. The number of hydrogen-bond acceptors (Lipinski definition) is 4. The van der Waals surface area contributed by atoms with Crippen LogP contribution in [0.2, 0.25) is 18.1 Å². The molecule has 2 atom stereocenters. The Bertz CT molecular complexity index is 583. The monoisotopic (exact) mass is 377 g/mol. The number of carbonyl (C=O) groups is 1. The summed E-state index contributed by atoms with van der Waals surface area (Å²) in [5, 5.41) is 0.132. The first-order valence-electron chi connectivity index (χ1n) is 9.75. The molecule has 0 spiro atoms. The fraction of sp³-hybridized carbons (Fsp3) is 0.667. The van der Waals surface area contributed by atoms with Crippen LogP contribution in [-0.4, -0.2) is 45.0 Å². The van der Waals surface area contributed by atoms with Crippen LogP contribution >= 0.6 is 0 Å². The lowest BCUT2D eigenvalue weighted by atomic mass is 9.94. The molecule has 0 N–H and O–H groups in total. The van der Waals surface area contributed by atoms with Gasteiger partial charge in [-0.3, -0.25) is 9.69 Å². The van der Waals surface area contributed by atoms with E-state index in [1.807, 2.05) is 13.0 Å². The van der Waals surface area contributed by atoms with Crippen molar-refractivity contribution in [3.8, 4) is 0 Å². The van der Waals surface area contributed by atoms with E-state index >= 15 is 0 Å². The molecule has 0 aliphatic carbocycles. The molecule has 26 heavy (non-hydrogen) atoms. The van der Waals surface area contributed by atoms with Gasteiger partial charge in [-0.1, -0.05) is 51.1 Å². The van der Waals surface area contributed by atoms with Crippen LogP contribution in [0, 0.1) is 5.92 Å². The Balaban J connectivity index is 2.10. The van der Waals surface area contributed by atoms with Gasteiger partial charge in [0, 0.05) is 25.7 Å². The molecule has 1 saturated heterocycles. The molecule has 0 bridgehead atoms. The van der Waals surface area contributed by atoms with Crippen molar-refractivity contribution in [2.45, 2.75) is 64.9 Å². The third-order valence-electron chi connectivity index (χ3n) is 5.72. The second-order valence-corrected chi connectivity index (χ2v) is 13.5. The van der Waals surface area contributed by atoms with Gasteiger partial charge in [-0.2, -0.15) is 0 Å². The van der Waals surface area contributed by atoms with Crippen molar-refractivity contribution in [3.63, 3.8) is 0 Å². The zero-order valence-electron chi connectivity index (χ0n) is 17.2. The van der Waals surface area contributed by atoms with E-state index in [2.05, 4.69) is 63.0 Å². The fourth-order valence-electron chi connectivity index (χ4n) is 3.16. The number of esters is 1. The van der Waals surface area contributed by atoms with E-state index in [4.69, 9.17) is 9.16 Å². The molecule has 0 unspecified atom stereocenters. The van der Waals surface area contributed by atoms with Crippen molar-refractivity contribution < 1.29 is 14.0 Å². The van der Waals surface area contributed by atoms with Crippen molar-refractivity contribution >= 4 is 14.3 Å². The number of hydrogen-bond donors (Lipinski definition) is 0. The maximum absolute atomic E-state index is 12.6. The molecule has 0 amide bonds. The average Bonchev–Trinajstić information content (AvgIpc) is 2.56. The molecule has 0 saturated carbocycles. The predicted molar refractivity (Wildman–Crippen MR) is 109 cm³/mol. The maximum atomic E-state index is 12.6. The number of carbonyl (C=O) groups excluding carboxylic acids is 1. The number of benzene rings is 1. The van der Waals surface area contributed by atoms with Gasteiger partial charge >= 0.3 is 5.97 Å². The molecule has 147 valence electrons. The van der Waals surface area contributed by atoms with Crippen LogP contribution < -0.4 is 0 Å². The van der Waals surface area contributed by atoms with Gasteiger partial charge in [0.25, 0.3) is 0 Å². The highest BCUT2D eigenvalue weighted by atomic mass is 28.4. The summed E-state index contributed by atoms with van der Waals surface area (Å²) in [5.41, 5.74) is 1.28. The second kappa shape index (κ2) is 8.68. The van der Waals surface area contributed by atoms with E-state index in [0.29, 0.717) is 13.2 Å². The third kappa shape index (κ3) is 5.41. The highest BCUT2D eigenvalue weighted by molar-refractivity contribution is 6.74. The quantitative estimate of drug-likeness (QED) is 0.542. The van der Waals surface area contributed by atoms with Crippen LogP contribution in [0.1, 0.15) is 39.7 Å². The summed E-state index contributed by atoms with van der Waals surface area (Å²) in [4.78, 5) is 15.0. The second-order valence-electron chi connectivity index (χ2n) is 8.78. The lowest BCUT2D eigenvalue weighted by Crippen LogP contribution is -2.53. The minimum Gasteiger partial charge on any atom is -0.562 e. The lowest BCUT2D eigenvalue weighted by molar-refractivity contribution is -0.154. The topological polar surface area (TPSA) is 38.8 Å². The summed E-state index contributed by atoms with van der Waals surface area (Å²) in [6, 6.07) is 10.4. The van der Waals surface area contributed by atoms with Crippen LogP contribution in [0.3, 0.4) is 0 Å². The molecular weight excluding hydrogens is 342 g/mol. The Labute approximate surface area is 160 Å². The van der Waals surface area contributed by atoms with Gasteiger partial charge in [0.15, 0.2) is 0 Å². The zero-order valence-corrected chi connectivity index (χ0v) is 18.2. The molecule has 4 nitrogen and oxygen atoms in total. The summed E-state index contributed by atoms with van der Waals surface area (Å²) in [5.74, 6) is -0.324. The Morgan fingerprint density at radius 2 is 1.88 bits per heavy atom. The Kier molecular flexibility index (Phi) is 7.05. The van der Waals surface area contributed by atoms with Crippen molar-refractivity contribution in [1.29, 1.82) is 0 Å². The Morgan fingerprint density at radius 3 is 2.46 bits per heavy atom. The molecule has 1 heterocycles. The first kappa shape index (κ1) is 21.1. The summed E-state index contributed by atoms with van der Waals surface area (Å²) >= 11 is 0. The Hall–Kier alpha value is -1.17. The number of likely N-dealkylation sites (tertiary alicyclic amines) is 1. The maximum Gasteiger partial charge on any atom is 0.312 e. The van der Waals surface area contributed by atoms with Crippen LogP contribution in [0.15, 0.2) is 30.3 Å². The van der Waals surface area contributed by atoms with Gasteiger partial charge < -0.3 is 9.16 Å². The summed E-state index contributed by atoms with van der Waals surface area (Å²) in [6.07, 6.45) is 0.838. The first-order valence-corrected chi connectivity index (χ1v) is 12.7. The van der Waals surface area contributed by atoms with Gasteiger partial charge in [0.2, 0.25) is 0 Å². The number of rotatable bonds is 6. The van der Waals surface area contributed by atoms with Gasteiger partial charge in [-0.05, 0) is 27.2 Å². The largest absolute Gasteiger partial charge is 0.562 e. The molecule has 1 aromatic rings. The van der Waals surface area contributed by atoms with E-state index in [1.54, 1.807) is 0 Å². The SMILES string of the molecule is CCOC(=O)[C@@H]1CN(Cc2ccccc2)CC[C@H]1O[Si-](C)(C)C(C)(C)C. The predicted octanol–water partition coefficient (Wildman–Crippen LogP) is 4.46. The average molecular weight is 378 g/mol. The van der Waals surface area contributed by atoms with Gasteiger partial charge in [0.05, 0.1) is 12.5 Å². The number of ether oxygens (including phenoxy) is 1. The van der Waals surface area contributed by atoms with Crippen molar-refractivity contribution in [2.75, 3.05) is 19.7 Å². The normalized spacial score (nSPS) is 22.2. The smallest absolute Gasteiger partial charge is 0.312 e. The summed E-state index contributed by atoms with van der Waals surface area (Å²) < 4.78 is 12.0. The molecule has 1 aromatic carbocycles. The molecule has 0 radical (unpaired) electrons. The molecule has 1 fully saturated rings. The molecule has 1 aliphatic rings. The minimum absolute atomic E-state index is 0.0398. The molecule has 0 aromatic heterocycles. The standard InChI is InChI=1S/C21H35NO3Si/c1-7-24-20(23)18-16-22(15-17-11-9-8-10-12-17)14-13-19(18)25-26(5,6)21(2,3)4/h8-12,18-19H,7,13-16H2,1-6H3/q-1/t18-,19-/m1/s1. The number of nitrogens with zero attached hydrogens (tertiary/aromatic N) is 1. The van der Waals surface area contributed by atoms with E-state index < -0.39 is 8.32 Å². The van der Waals surface area contributed by atoms with Crippen LogP contribution in [-0.2, 0) is 20.5 Å². The van der Waals surface area contributed by atoms with Crippen molar-refractivity contribution in [3.05, 3.63) is 35.9 Å². The Morgan fingerprint density at radius 1 is 1.23 bits per heavy atom. The fourth-order valence-corrected chi connectivity index (χ4v) is 4.55. The van der Waals surface area contributed by atoms with Crippen molar-refractivity contribution in [1.82, 2.24) is 4.90 Å². The zero-order chi connectivity index (χ0) is 19.4. The number of piperidine rings is 1. The van der Waals surface area contributed by atoms with E-state index in [1.165, 1.54) is 5.56 Å². The van der Waals surface area contributed by atoms with E-state index in [0.717, 1.165) is 19.5 Å². The molecular formula is C21H35NO3Si-. The van der Waals surface area contributed by atoms with E-state index in [9.17, 15) is 4.79 Å². The van der Waals surface area contributed by atoms with Crippen LogP contribution in [0.4, 0.5) is 0 Å². The highest BCUT2D eigenvalue weighted by Crippen LogP contribution is 2.39. The van der Waals surface area contributed by atoms with Crippen molar-refractivity contribution in [2.24, 2.45) is 5.92 Å². The van der Waals surface area contributed by atoms with Crippen LogP contribution in [0.5, 0.6) is 0 Å². The molecule has 2 rings (SSSR count). The minimum atomic E-state index is -1.93. The third-order valence-corrected chi connectivity index (χ3v) is 10.2. The lowest BCUT2D eigenvalue weighted by Gasteiger charge is -2.53. The summed E-state index contributed by atoms with van der Waals surface area (Å²) in [6.45, 7) is 16.0. The molecule has 1 aliphatic heterocycles. The van der Waals surface area contributed by atoms with Gasteiger partial charge in [-0.15, -0.1) is 18.1 Å². The van der Waals surface area contributed by atoms with E-state index in [-0.39, 0.29) is 23.0 Å². The van der Waals surface area contributed by atoms with Gasteiger partial charge in [-0.25, -0.2) is 0 Å². The van der Waals surface area contributed by atoms with Crippen LogP contribution in [0.25, 0.3) is 0 Å².